The minimum Gasteiger partial charge on any atom is -0.366 e. The topological polar surface area (TPSA) is 43.1 Å². The number of benzene rings is 1. The van der Waals surface area contributed by atoms with Crippen LogP contribution >= 0.6 is 27.5 Å². The summed E-state index contributed by atoms with van der Waals surface area (Å²) < 4.78 is 37.2. The minimum absolute atomic E-state index is 0.132. The second-order valence-corrected chi connectivity index (χ2v) is 3.94. The zero-order chi connectivity index (χ0) is 11.8. The van der Waals surface area contributed by atoms with E-state index in [1.807, 2.05) is 0 Å². The van der Waals surface area contributed by atoms with E-state index in [0.717, 1.165) is 6.07 Å². The Morgan fingerprint density at radius 1 is 1.40 bits per heavy atom. The van der Waals surface area contributed by atoms with Crippen LogP contribution in [0.5, 0.6) is 0 Å². The fourth-order valence-electron chi connectivity index (χ4n) is 0.955. The summed E-state index contributed by atoms with van der Waals surface area (Å²) in [5.74, 6) is -0.955. The van der Waals surface area contributed by atoms with Crippen LogP contribution in [0.4, 0.5) is 13.2 Å². The zero-order valence-corrected chi connectivity index (χ0v) is 9.37. The van der Waals surface area contributed by atoms with Crippen molar-refractivity contribution in [3.05, 3.63) is 32.8 Å². The molecule has 0 saturated heterocycles. The van der Waals surface area contributed by atoms with Gasteiger partial charge in [0, 0.05) is 4.47 Å². The molecule has 15 heavy (non-hydrogen) atoms. The smallest absolute Gasteiger partial charge is 0.366 e. The monoisotopic (exact) mass is 301 g/mol. The lowest BCUT2D eigenvalue weighted by Gasteiger charge is -2.10. The molecule has 0 bridgehead atoms. The highest BCUT2D eigenvalue weighted by Gasteiger charge is 2.34. The van der Waals surface area contributed by atoms with Crippen LogP contribution in [-0.4, -0.2) is 5.91 Å². The molecular weight excluding hydrogens is 298 g/mol. The quantitative estimate of drug-likeness (QED) is 0.850. The van der Waals surface area contributed by atoms with Crippen LogP contribution in [-0.2, 0) is 6.18 Å². The molecule has 0 unspecified atom stereocenters. The van der Waals surface area contributed by atoms with Gasteiger partial charge in [0.1, 0.15) is 0 Å². The average Bonchev–Trinajstić information content (AvgIpc) is 2.00. The van der Waals surface area contributed by atoms with Crippen molar-refractivity contribution in [3.8, 4) is 0 Å². The molecule has 2 N–H and O–H groups in total. The minimum atomic E-state index is -4.61. The molecule has 2 nitrogen and oxygen atoms in total. The van der Waals surface area contributed by atoms with Crippen molar-refractivity contribution >= 4 is 33.4 Å². The van der Waals surface area contributed by atoms with Crippen LogP contribution in [0.2, 0.25) is 5.02 Å². The number of carbonyl (C=O) groups excluding carboxylic acids is 1. The molecule has 1 aromatic carbocycles. The van der Waals surface area contributed by atoms with Crippen molar-refractivity contribution in [1.29, 1.82) is 0 Å². The molecular formula is C8H4BrClF3NO. The van der Waals surface area contributed by atoms with Gasteiger partial charge in [-0.3, -0.25) is 4.79 Å². The van der Waals surface area contributed by atoms with E-state index in [9.17, 15) is 18.0 Å². The fourth-order valence-corrected chi connectivity index (χ4v) is 1.90. The zero-order valence-electron chi connectivity index (χ0n) is 7.03. The van der Waals surface area contributed by atoms with Gasteiger partial charge in [0.25, 0.3) is 0 Å². The van der Waals surface area contributed by atoms with Gasteiger partial charge in [-0.25, -0.2) is 0 Å². The Balaban J connectivity index is 3.43. The second-order valence-electron chi connectivity index (χ2n) is 2.67. The molecule has 0 spiro atoms. The molecule has 1 aromatic rings. The van der Waals surface area contributed by atoms with Gasteiger partial charge in [-0.1, -0.05) is 11.6 Å². The van der Waals surface area contributed by atoms with Crippen LogP contribution in [0.15, 0.2) is 16.6 Å². The predicted octanol–water partition coefficient (Wildman–Crippen LogP) is 3.22. The number of carbonyl (C=O) groups is 1. The fraction of sp³-hybridized carbons (Fsp3) is 0.125. The lowest BCUT2D eigenvalue weighted by atomic mass is 10.1. The number of hydrogen-bond acceptors (Lipinski definition) is 1. The van der Waals surface area contributed by atoms with Gasteiger partial charge in [-0.2, -0.15) is 13.2 Å². The molecule has 0 saturated carbocycles. The Kier molecular flexibility index (Phi) is 3.30. The van der Waals surface area contributed by atoms with E-state index in [4.69, 9.17) is 17.3 Å². The lowest BCUT2D eigenvalue weighted by molar-refractivity contribution is -0.137. The van der Waals surface area contributed by atoms with Gasteiger partial charge in [-0.15, -0.1) is 0 Å². The summed E-state index contributed by atoms with van der Waals surface area (Å²) in [4.78, 5) is 10.8. The van der Waals surface area contributed by atoms with Crippen molar-refractivity contribution in [3.63, 3.8) is 0 Å². The number of amides is 1. The van der Waals surface area contributed by atoms with E-state index in [0.29, 0.717) is 6.07 Å². The van der Waals surface area contributed by atoms with E-state index < -0.39 is 22.7 Å². The van der Waals surface area contributed by atoms with Gasteiger partial charge in [0.05, 0.1) is 16.1 Å². The van der Waals surface area contributed by atoms with Crippen molar-refractivity contribution in [1.82, 2.24) is 0 Å². The van der Waals surface area contributed by atoms with Gasteiger partial charge in [0.15, 0.2) is 0 Å². The Bertz CT molecular complexity index is 419. The highest BCUT2D eigenvalue weighted by Crippen LogP contribution is 2.37. The van der Waals surface area contributed by atoms with E-state index in [1.54, 1.807) is 0 Å². The van der Waals surface area contributed by atoms with Crippen LogP contribution < -0.4 is 5.73 Å². The number of rotatable bonds is 1. The highest BCUT2D eigenvalue weighted by molar-refractivity contribution is 9.10. The molecule has 0 aromatic heterocycles. The first-order chi connectivity index (χ1) is 6.73. The maximum absolute atomic E-state index is 12.4. The third kappa shape index (κ3) is 2.63. The molecule has 7 heteroatoms. The molecule has 0 aliphatic heterocycles. The maximum Gasteiger partial charge on any atom is 0.417 e. The van der Waals surface area contributed by atoms with Crippen LogP contribution in [0.1, 0.15) is 15.9 Å². The van der Waals surface area contributed by atoms with Crippen molar-refractivity contribution in [2.75, 3.05) is 0 Å². The summed E-state index contributed by atoms with van der Waals surface area (Å²) in [5, 5.41) is -0.487. The Labute approximate surface area is 96.3 Å². The SMILES string of the molecule is NC(=O)c1cc(C(F)(F)F)c(Cl)cc1Br. The van der Waals surface area contributed by atoms with E-state index in [-0.39, 0.29) is 10.0 Å². The first-order valence-electron chi connectivity index (χ1n) is 3.59. The maximum atomic E-state index is 12.4. The van der Waals surface area contributed by atoms with Crippen LogP contribution in [0, 0.1) is 0 Å². The Morgan fingerprint density at radius 2 is 1.93 bits per heavy atom. The Morgan fingerprint density at radius 3 is 2.33 bits per heavy atom. The van der Waals surface area contributed by atoms with Gasteiger partial charge in [-0.05, 0) is 28.1 Å². The largest absolute Gasteiger partial charge is 0.417 e. The third-order valence-electron chi connectivity index (χ3n) is 1.63. The average molecular weight is 302 g/mol. The first-order valence-corrected chi connectivity index (χ1v) is 4.76. The summed E-state index contributed by atoms with van der Waals surface area (Å²) in [6.07, 6.45) is -4.61. The third-order valence-corrected chi connectivity index (χ3v) is 2.60. The number of alkyl halides is 3. The van der Waals surface area contributed by atoms with Crippen molar-refractivity contribution in [2.45, 2.75) is 6.18 Å². The van der Waals surface area contributed by atoms with Gasteiger partial charge < -0.3 is 5.73 Å². The number of primary amides is 1. The summed E-state index contributed by atoms with van der Waals surface area (Å²) in [6, 6.07) is 1.61. The van der Waals surface area contributed by atoms with Crippen LogP contribution in [0.25, 0.3) is 0 Å². The first kappa shape index (κ1) is 12.3. The summed E-state index contributed by atoms with van der Waals surface area (Å²) >= 11 is 8.28. The van der Waals surface area contributed by atoms with Gasteiger partial charge >= 0.3 is 6.18 Å². The lowest BCUT2D eigenvalue weighted by Crippen LogP contribution is -2.14. The second kappa shape index (κ2) is 4.02. The normalized spacial score (nSPS) is 11.5. The molecule has 0 heterocycles. The standard InChI is InChI=1S/C8H4BrClF3NO/c9-5-2-6(10)4(8(11,12)13)1-3(5)7(14)15/h1-2H,(H2,14,15). The number of halogens is 5. The molecule has 0 fully saturated rings. The highest BCUT2D eigenvalue weighted by atomic mass is 79.9. The van der Waals surface area contributed by atoms with Crippen molar-refractivity contribution < 1.29 is 18.0 Å². The molecule has 0 atom stereocenters. The predicted molar refractivity (Wildman–Crippen MR) is 52.7 cm³/mol. The van der Waals surface area contributed by atoms with E-state index in [2.05, 4.69) is 15.9 Å². The summed E-state index contributed by atoms with van der Waals surface area (Å²) in [5.41, 5.74) is 3.56. The molecule has 1 rings (SSSR count). The number of hydrogen-bond donors (Lipinski definition) is 1. The van der Waals surface area contributed by atoms with Gasteiger partial charge in [0.2, 0.25) is 5.91 Å². The van der Waals surface area contributed by atoms with E-state index in [1.165, 1.54) is 0 Å². The summed E-state index contributed by atoms with van der Waals surface area (Å²) in [6.45, 7) is 0. The van der Waals surface area contributed by atoms with Crippen LogP contribution in [0.3, 0.4) is 0 Å². The molecule has 82 valence electrons. The summed E-state index contributed by atoms with van der Waals surface area (Å²) in [7, 11) is 0. The molecule has 0 aliphatic carbocycles. The Hall–Kier alpha value is -0.750. The van der Waals surface area contributed by atoms with E-state index >= 15 is 0 Å². The molecule has 0 aliphatic rings. The number of nitrogens with two attached hydrogens (primary N) is 1. The molecule has 0 radical (unpaired) electrons. The van der Waals surface area contributed by atoms with Crippen molar-refractivity contribution in [2.24, 2.45) is 5.73 Å². The molecule has 1 amide bonds.